The largest absolute Gasteiger partial charge is 0.159 e. The predicted octanol–water partition coefficient (Wildman–Crippen LogP) is 8.20. The molecule has 0 saturated heterocycles. The molecule has 0 saturated carbocycles. The summed E-state index contributed by atoms with van der Waals surface area (Å²) in [6.45, 7) is 30.3. The highest BCUT2D eigenvalue weighted by atomic mass is 15.1. The Hall–Kier alpha value is -0.920. The molecule has 1 rings (SSSR count). The zero-order chi connectivity index (χ0) is 20.7. The zero-order valence-electron chi connectivity index (χ0n) is 19.9. The van der Waals surface area contributed by atoms with Crippen LogP contribution in [0.3, 0.4) is 0 Å². The van der Waals surface area contributed by atoms with Crippen LogP contribution in [0.25, 0.3) is 0 Å². The van der Waals surface area contributed by atoms with Gasteiger partial charge in [-0.15, -0.1) is 0 Å². The maximum absolute atomic E-state index is 4.29. The topological polar surface area (TPSA) is 25.8 Å². The Morgan fingerprint density at radius 1 is 0.600 bits per heavy atom. The summed E-state index contributed by atoms with van der Waals surface area (Å²) in [7, 11) is 0. The molecule has 0 bridgehead atoms. The van der Waals surface area contributed by atoms with Crippen LogP contribution in [0.1, 0.15) is 132 Å². The maximum Gasteiger partial charge on any atom is 0.0693 e. The van der Waals surface area contributed by atoms with Gasteiger partial charge >= 0.3 is 0 Å². The molecular formula is C23H48N2. The molecule has 0 aliphatic carbocycles. The van der Waals surface area contributed by atoms with Gasteiger partial charge in [0.2, 0.25) is 0 Å². The third-order valence-corrected chi connectivity index (χ3v) is 2.70. The van der Waals surface area contributed by atoms with Crippen molar-refractivity contribution in [2.45, 2.75) is 115 Å². The van der Waals surface area contributed by atoms with E-state index in [4.69, 9.17) is 0 Å². The fourth-order valence-electron chi connectivity index (χ4n) is 1.94. The molecular weight excluding hydrogens is 304 g/mol. The summed E-state index contributed by atoms with van der Waals surface area (Å²) in [5, 5.41) is 8.41. The Morgan fingerprint density at radius 3 is 1.20 bits per heavy atom. The van der Waals surface area contributed by atoms with Crippen LogP contribution in [-0.4, -0.2) is 10.2 Å². The lowest BCUT2D eigenvalue weighted by Crippen LogP contribution is -2.09. The van der Waals surface area contributed by atoms with Crippen molar-refractivity contribution in [1.82, 2.24) is 10.2 Å². The van der Waals surface area contributed by atoms with Crippen LogP contribution in [0.4, 0.5) is 0 Å². The quantitative estimate of drug-likeness (QED) is 0.547. The minimum Gasteiger partial charge on any atom is -0.159 e. The molecule has 0 aliphatic rings. The van der Waals surface area contributed by atoms with Crippen LogP contribution in [0.5, 0.6) is 0 Å². The number of nitrogens with zero attached hydrogens (tertiary/aromatic N) is 2. The van der Waals surface area contributed by atoms with Crippen LogP contribution in [0.15, 0.2) is 6.20 Å². The van der Waals surface area contributed by atoms with Crippen molar-refractivity contribution in [3.05, 3.63) is 23.0 Å². The van der Waals surface area contributed by atoms with E-state index in [-0.39, 0.29) is 0 Å². The Balaban J connectivity index is -0.000000402. The van der Waals surface area contributed by atoms with E-state index in [2.05, 4.69) is 93.3 Å². The van der Waals surface area contributed by atoms with Gasteiger partial charge in [0, 0.05) is 0 Å². The summed E-state index contributed by atoms with van der Waals surface area (Å²) in [6.07, 6.45) is 1.92. The summed E-state index contributed by atoms with van der Waals surface area (Å²) >= 11 is 0. The van der Waals surface area contributed by atoms with Crippen LogP contribution in [0, 0.1) is 11.8 Å². The van der Waals surface area contributed by atoms with Crippen molar-refractivity contribution in [2.75, 3.05) is 0 Å². The highest BCUT2D eigenvalue weighted by Gasteiger charge is 2.17. The van der Waals surface area contributed by atoms with Crippen molar-refractivity contribution in [1.29, 1.82) is 0 Å². The molecule has 0 atom stereocenters. The minimum absolute atomic E-state index is 0.452. The van der Waals surface area contributed by atoms with E-state index in [0.29, 0.717) is 17.8 Å². The highest BCUT2D eigenvalue weighted by molar-refractivity contribution is 5.34. The first-order valence-corrected chi connectivity index (χ1v) is 10.3. The molecule has 1 heterocycles. The fraction of sp³-hybridized carbons (Fsp3) is 0.826. The third kappa shape index (κ3) is 16.3. The SMILES string of the molecule is CC.CC(C)C.CC(C)C.CC(C)c1cnnc(C(C)C)c1C(C)C. The smallest absolute Gasteiger partial charge is 0.0693 e. The second kappa shape index (κ2) is 16.5. The predicted molar refractivity (Wildman–Crippen MR) is 117 cm³/mol. The van der Waals surface area contributed by atoms with Crippen molar-refractivity contribution < 1.29 is 0 Å². The van der Waals surface area contributed by atoms with E-state index in [1.165, 1.54) is 11.1 Å². The summed E-state index contributed by atoms with van der Waals surface area (Å²) in [4.78, 5) is 0. The molecule has 150 valence electrons. The number of aromatic nitrogens is 2. The normalized spacial score (nSPS) is 10.2. The first kappa shape index (κ1) is 28.9. The van der Waals surface area contributed by atoms with E-state index >= 15 is 0 Å². The van der Waals surface area contributed by atoms with Gasteiger partial charge in [0.05, 0.1) is 11.9 Å². The summed E-state index contributed by atoms with van der Waals surface area (Å²) < 4.78 is 0. The van der Waals surface area contributed by atoms with Gasteiger partial charge in [0.15, 0.2) is 0 Å². The number of rotatable bonds is 3. The molecule has 0 N–H and O–H groups in total. The molecule has 0 fully saturated rings. The summed E-state index contributed by atoms with van der Waals surface area (Å²) in [5.74, 6) is 3.17. The van der Waals surface area contributed by atoms with Gasteiger partial charge in [-0.3, -0.25) is 0 Å². The van der Waals surface area contributed by atoms with E-state index in [1.54, 1.807) is 0 Å². The first-order valence-electron chi connectivity index (χ1n) is 10.3. The lowest BCUT2D eigenvalue weighted by atomic mass is 9.88. The molecule has 2 nitrogen and oxygen atoms in total. The molecule has 1 aromatic rings. The van der Waals surface area contributed by atoms with Crippen LogP contribution in [0.2, 0.25) is 0 Å². The molecule has 25 heavy (non-hydrogen) atoms. The van der Waals surface area contributed by atoms with Gasteiger partial charge in [-0.1, -0.05) is 96.9 Å². The van der Waals surface area contributed by atoms with Crippen LogP contribution >= 0.6 is 0 Å². The molecule has 0 amide bonds. The number of hydrogen-bond acceptors (Lipinski definition) is 2. The van der Waals surface area contributed by atoms with Crippen LogP contribution < -0.4 is 0 Å². The average molecular weight is 353 g/mol. The first-order chi connectivity index (χ1) is 11.4. The molecule has 1 aromatic heterocycles. The van der Waals surface area contributed by atoms with E-state index in [9.17, 15) is 0 Å². The monoisotopic (exact) mass is 352 g/mol. The molecule has 0 aromatic carbocycles. The molecule has 2 heteroatoms. The Labute approximate surface area is 160 Å². The van der Waals surface area contributed by atoms with Crippen molar-refractivity contribution in [2.24, 2.45) is 11.8 Å². The van der Waals surface area contributed by atoms with Crippen molar-refractivity contribution in [3.63, 3.8) is 0 Å². The second-order valence-corrected chi connectivity index (χ2v) is 8.53. The van der Waals surface area contributed by atoms with Crippen molar-refractivity contribution in [3.8, 4) is 0 Å². The van der Waals surface area contributed by atoms with Gasteiger partial charge in [-0.25, -0.2) is 0 Å². The van der Waals surface area contributed by atoms with Gasteiger partial charge in [-0.05, 0) is 40.7 Å². The van der Waals surface area contributed by atoms with Gasteiger partial charge in [0.1, 0.15) is 0 Å². The molecule has 0 unspecified atom stereocenters. The molecule has 0 radical (unpaired) electrons. The molecule has 0 aliphatic heterocycles. The fourth-order valence-corrected chi connectivity index (χ4v) is 1.94. The van der Waals surface area contributed by atoms with Gasteiger partial charge < -0.3 is 0 Å². The average Bonchev–Trinajstić information content (AvgIpc) is 2.47. The van der Waals surface area contributed by atoms with E-state index in [1.807, 2.05) is 20.0 Å². The number of hydrogen-bond donors (Lipinski definition) is 0. The van der Waals surface area contributed by atoms with Gasteiger partial charge in [0.25, 0.3) is 0 Å². The molecule has 0 spiro atoms. The van der Waals surface area contributed by atoms with E-state index in [0.717, 1.165) is 17.5 Å². The maximum atomic E-state index is 4.29. The van der Waals surface area contributed by atoms with E-state index < -0.39 is 0 Å². The Kier molecular flexibility index (Phi) is 19.1. The van der Waals surface area contributed by atoms with Gasteiger partial charge in [-0.2, -0.15) is 10.2 Å². The summed E-state index contributed by atoms with van der Waals surface area (Å²) in [5.41, 5.74) is 3.91. The third-order valence-electron chi connectivity index (χ3n) is 2.70. The van der Waals surface area contributed by atoms with Crippen molar-refractivity contribution >= 4 is 0 Å². The Morgan fingerprint density at radius 2 is 0.960 bits per heavy atom. The second-order valence-electron chi connectivity index (χ2n) is 8.53. The van der Waals surface area contributed by atoms with Crippen LogP contribution in [-0.2, 0) is 0 Å². The lowest BCUT2D eigenvalue weighted by Gasteiger charge is -2.19. The lowest BCUT2D eigenvalue weighted by molar-refractivity contribution is 0.695. The highest BCUT2D eigenvalue weighted by Crippen LogP contribution is 2.30. The zero-order valence-corrected chi connectivity index (χ0v) is 19.9. The Bertz CT molecular complexity index is 367. The minimum atomic E-state index is 0.452. The standard InChI is InChI=1S/C13H22N2.2C4H10.C2H6/c1-8(2)11-7-14-15-13(10(5)6)12(11)9(3)4;2*1-4(2)3;1-2/h7-10H,1-6H3;2*4H,1-3H3;1-2H3. The summed E-state index contributed by atoms with van der Waals surface area (Å²) in [6, 6.07) is 0.